The minimum absolute atomic E-state index is 0.0307. The highest BCUT2D eigenvalue weighted by molar-refractivity contribution is 7.91. The van der Waals surface area contributed by atoms with Crippen LogP contribution in [0.15, 0.2) is 0 Å². The van der Waals surface area contributed by atoms with Crippen LogP contribution >= 0.6 is 0 Å². The predicted molar refractivity (Wildman–Crippen MR) is 79.4 cm³/mol. The summed E-state index contributed by atoms with van der Waals surface area (Å²) in [7, 11) is -3.04. The third-order valence-electron chi connectivity index (χ3n) is 4.52. The van der Waals surface area contributed by atoms with E-state index >= 15 is 0 Å². The van der Waals surface area contributed by atoms with E-state index in [1.165, 1.54) is 4.90 Å². The van der Waals surface area contributed by atoms with E-state index in [0.717, 1.165) is 12.8 Å². The van der Waals surface area contributed by atoms with Gasteiger partial charge in [-0.2, -0.15) is 0 Å². The molecule has 0 aromatic carbocycles. The Balaban J connectivity index is 2.10. The number of hydrogen-bond donors (Lipinski definition) is 1. The van der Waals surface area contributed by atoms with Crippen molar-refractivity contribution in [2.24, 2.45) is 0 Å². The van der Waals surface area contributed by atoms with E-state index in [2.05, 4.69) is 5.32 Å². The lowest BCUT2D eigenvalue weighted by Gasteiger charge is -2.28. The van der Waals surface area contributed by atoms with Crippen LogP contribution in [0, 0.1) is 0 Å². The molecule has 0 aromatic heterocycles. The van der Waals surface area contributed by atoms with E-state index in [9.17, 15) is 18.0 Å². The Kier molecular flexibility index (Phi) is 4.44. The summed E-state index contributed by atoms with van der Waals surface area (Å²) >= 11 is 0. The van der Waals surface area contributed by atoms with Gasteiger partial charge in [-0.1, -0.05) is 13.8 Å². The van der Waals surface area contributed by atoms with Crippen molar-refractivity contribution < 1.29 is 18.0 Å². The molecule has 21 heavy (non-hydrogen) atoms. The highest BCUT2D eigenvalue weighted by Gasteiger charge is 2.46. The van der Waals surface area contributed by atoms with Crippen molar-refractivity contribution >= 4 is 21.7 Å². The molecule has 2 saturated heterocycles. The van der Waals surface area contributed by atoms with Gasteiger partial charge < -0.3 is 0 Å². The maximum atomic E-state index is 12.5. The molecule has 2 atom stereocenters. The van der Waals surface area contributed by atoms with Gasteiger partial charge in [0.2, 0.25) is 11.8 Å². The summed E-state index contributed by atoms with van der Waals surface area (Å²) in [5, 5.41) is 3.13. The summed E-state index contributed by atoms with van der Waals surface area (Å²) < 4.78 is 23.3. The maximum absolute atomic E-state index is 12.5. The Bertz CT molecular complexity index is 541. The topological polar surface area (TPSA) is 83.6 Å². The van der Waals surface area contributed by atoms with Crippen LogP contribution in [0.3, 0.4) is 0 Å². The summed E-state index contributed by atoms with van der Waals surface area (Å²) in [4.78, 5) is 25.9. The number of likely N-dealkylation sites (tertiary alicyclic amines) is 1. The SMILES string of the molecule is CCC(CC)N1C(=O)CC(NC2(C)CCS(=O)(=O)C2)C1=O. The normalized spacial score (nSPS) is 32.4. The standard InChI is InChI=1S/C14H24N2O4S/c1-4-10(5-2)16-12(17)8-11(13(16)18)15-14(3)6-7-21(19,20)9-14/h10-11,15H,4-9H2,1-3H3. The van der Waals surface area contributed by atoms with Crippen LogP contribution in [0.5, 0.6) is 0 Å². The molecule has 2 aliphatic heterocycles. The Labute approximate surface area is 126 Å². The number of sulfone groups is 1. The molecule has 2 unspecified atom stereocenters. The molecule has 2 rings (SSSR count). The van der Waals surface area contributed by atoms with Crippen LogP contribution in [-0.4, -0.2) is 54.3 Å². The van der Waals surface area contributed by atoms with Gasteiger partial charge in [0.05, 0.1) is 24.0 Å². The molecule has 0 bridgehead atoms. The number of carbonyl (C=O) groups excluding carboxylic acids is 2. The van der Waals surface area contributed by atoms with Crippen LogP contribution < -0.4 is 5.32 Å². The average molecular weight is 316 g/mol. The summed E-state index contributed by atoms with van der Waals surface area (Å²) in [6.45, 7) is 5.73. The third-order valence-corrected chi connectivity index (χ3v) is 6.42. The Morgan fingerprint density at radius 2 is 1.95 bits per heavy atom. The number of nitrogens with zero attached hydrogens (tertiary/aromatic N) is 1. The van der Waals surface area contributed by atoms with Gasteiger partial charge >= 0.3 is 0 Å². The van der Waals surface area contributed by atoms with Crippen LogP contribution in [-0.2, 0) is 19.4 Å². The van der Waals surface area contributed by atoms with Gasteiger partial charge in [-0.15, -0.1) is 0 Å². The Hall–Kier alpha value is -0.950. The van der Waals surface area contributed by atoms with E-state index in [4.69, 9.17) is 0 Å². The summed E-state index contributed by atoms with van der Waals surface area (Å²) in [6, 6.07) is -0.645. The Morgan fingerprint density at radius 3 is 2.43 bits per heavy atom. The molecule has 2 heterocycles. The van der Waals surface area contributed by atoms with Crippen LogP contribution in [0.25, 0.3) is 0 Å². The second-order valence-electron chi connectivity index (χ2n) is 6.38. The van der Waals surface area contributed by atoms with Gasteiger partial charge in [-0.25, -0.2) is 8.42 Å². The van der Waals surface area contributed by atoms with Gasteiger partial charge in [0.25, 0.3) is 0 Å². The molecule has 120 valence electrons. The average Bonchev–Trinajstić information content (AvgIpc) is 2.81. The van der Waals surface area contributed by atoms with Crippen LogP contribution in [0.4, 0.5) is 0 Å². The fraction of sp³-hybridized carbons (Fsp3) is 0.857. The second-order valence-corrected chi connectivity index (χ2v) is 8.56. The molecule has 7 heteroatoms. The zero-order valence-electron chi connectivity index (χ0n) is 12.9. The van der Waals surface area contributed by atoms with Crippen molar-refractivity contribution in [2.75, 3.05) is 11.5 Å². The van der Waals surface area contributed by atoms with Crippen molar-refractivity contribution in [2.45, 2.75) is 64.1 Å². The zero-order valence-corrected chi connectivity index (χ0v) is 13.7. The largest absolute Gasteiger partial charge is 0.299 e. The molecular formula is C14H24N2O4S. The smallest absolute Gasteiger partial charge is 0.247 e. The number of amides is 2. The van der Waals surface area contributed by atoms with Crippen LogP contribution in [0.2, 0.25) is 0 Å². The number of hydrogen-bond acceptors (Lipinski definition) is 5. The number of nitrogens with one attached hydrogen (secondary N) is 1. The molecular weight excluding hydrogens is 292 g/mol. The minimum atomic E-state index is -3.04. The monoisotopic (exact) mass is 316 g/mol. The molecule has 0 aromatic rings. The van der Waals surface area contributed by atoms with E-state index in [0.29, 0.717) is 6.42 Å². The molecule has 2 fully saturated rings. The van der Waals surface area contributed by atoms with Gasteiger partial charge in [0, 0.05) is 11.6 Å². The molecule has 0 saturated carbocycles. The van der Waals surface area contributed by atoms with E-state index in [1.807, 2.05) is 20.8 Å². The highest BCUT2D eigenvalue weighted by atomic mass is 32.2. The van der Waals surface area contributed by atoms with Crippen molar-refractivity contribution in [3.8, 4) is 0 Å². The molecule has 0 aliphatic carbocycles. The van der Waals surface area contributed by atoms with Crippen molar-refractivity contribution in [1.29, 1.82) is 0 Å². The number of carbonyl (C=O) groups is 2. The number of imide groups is 1. The molecule has 0 radical (unpaired) electrons. The van der Waals surface area contributed by atoms with Gasteiger partial charge in [-0.05, 0) is 26.2 Å². The molecule has 1 N–H and O–H groups in total. The number of rotatable bonds is 5. The third kappa shape index (κ3) is 3.29. The van der Waals surface area contributed by atoms with Gasteiger partial charge in [0.1, 0.15) is 0 Å². The molecule has 6 nitrogen and oxygen atoms in total. The van der Waals surface area contributed by atoms with Crippen molar-refractivity contribution in [3.05, 3.63) is 0 Å². The van der Waals surface area contributed by atoms with Crippen LogP contribution in [0.1, 0.15) is 46.5 Å². The van der Waals surface area contributed by atoms with E-state index in [-0.39, 0.29) is 35.8 Å². The predicted octanol–water partition coefficient (Wildman–Crippen LogP) is 0.469. The second kappa shape index (κ2) is 5.68. The minimum Gasteiger partial charge on any atom is -0.299 e. The summed E-state index contributed by atoms with van der Waals surface area (Å²) in [5.74, 6) is -0.195. The first-order valence-electron chi connectivity index (χ1n) is 7.55. The Morgan fingerprint density at radius 1 is 1.33 bits per heavy atom. The summed E-state index contributed by atoms with van der Waals surface area (Å²) in [5.41, 5.74) is -0.608. The van der Waals surface area contributed by atoms with Crippen molar-refractivity contribution in [3.63, 3.8) is 0 Å². The lowest BCUT2D eigenvalue weighted by atomic mass is 10.00. The highest BCUT2D eigenvalue weighted by Crippen LogP contribution is 2.27. The molecule has 0 spiro atoms. The lowest BCUT2D eigenvalue weighted by molar-refractivity contribution is -0.141. The molecule has 2 amide bonds. The first-order valence-corrected chi connectivity index (χ1v) is 9.37. The fourth-order valence-corrected chi connectivity index (χ4v) is 5.45. The first kappa shape index (κ1) is 16.4. The quantitative estimate of drug-likeness (QED) is 0.745. The fourth-order valence-electron chi connectivity index (χ4n) is 3.35. The van der Waals surface area contributed by atoms with E-state index in [1.54, 1.807) is 0 Å². The van der Waals surface area contributed by atoms with E-state index < -0.39 is 21.4 Å². The first-order chi connectivity index (χ1) is 9.71. The zero-order chi connectivity index (χ0) is 15.8. The molecule has 2 aliphatic rings. The van der Waals surface area contributed by atoms with Gasteiger partial charge in [0.15, 0.2) is 9.84 Å². The van der Waals surface area contributed by atoms with Gasteiger partial charge in [-0.3, -0.25) is 19.8 Å². The lowest BCUT2D eigenvalue weighted by Crippen LogP contribution is -2.52. The summed E-state index contributed by atoms with van der Waals surface area (Å²) in [6.07, 6.45) is 2.10. The maximum Gasteiger partial charge on any atom is 0.247 e. The van der Waals surface area contributed by atoms with Crippen molar-refractivity contribution in [1.82, 2.24) is 10.2 Å².